The summed E-state index contributed by atoms with van der Waals surface area (Å²) in [6.07, 6.45) is 3.48. The van der Waals surface area contributed by atoms with Gasteiger partial charge in [-0.1, -0.05) is 0 Å². The Morgan fingerprint density at radius 1 is 1.47 bits per heavy atom. The minimum absolute atomic E-state index is 0.392. The largest absolute Gasteiger partial charge is 0.364 e. The highest BCUT2D eigenvalue weighted by molar-refractivity contribution is 5.46. The molecule has 0 amide bonds. The van der Waals surface area contributed by atoms with Crippen LogP contribution in [0, 0.1) is 6.92 Å². The van der Waals surface area contributed by atoms with Gasteiger partial charge in [-0.15, -0.1) is 0 Å². The Kier molecular flexibility index (Phi) is 3.20. The van der Waals surface area contributed by atoms with Crippen molar-refractivity contribution in [2.45, 2.75) is 13.5 Å². The van der Waals surface area contributed by atoms with Gasteiger partial charge < -0.3 is 5.32 Å². The van der Waals surface area contributed by atoms with Gasteiger partial charge in [-0.2, -0.15) is 10.1 Å². The molecule has 0 aliphatic carbocycles. The molecule has 0 saturated carbocycles. The predicted octanol–water partition coefficient (Wildman–Crippen LogP) is 0.416. The number of nitrogen functional groups attached to an aromatic ring is 1. The van der Waals surface area contributed by atoms with E-state index in [0.29, 0.717) is 12.5 Å². The van der Waals surface area contributed by atoms with Crippen LogP contribution in [0.5, 0.6) is 0 Å². The fourth-order valence-corrected chi connectivity index (χ4v) is 1.44. The molecule has 2 aromatic rings. The van der Waals surface area contributed by atoms with Crippen molar-refractivity contribution in [3.8, 4) is 0 Å². The third kappa shape index (κ3) is 2.51. The van der Waals surface area contributed by atoms with Crippen LogP contribution in [0.4, 0.5) is 11.8 Å². The molecule has 7 heteroatoms. The maximum atomic E-state index is 5.27. The number of hydrogen-bond acceptors (Lipinski definition) is 6. The van der Waals surface area contributed by atoms with Crippen LogP contribution in [0.1, 0.15) is 11.3 Å². The molecule has 0 unspecified atom stereocenters. The van der Waals surface area contributed by atoms with E-state index in [1.54, 1.807) is 12.4 Å². The maximum absolute atomic E-state index is 5.27. The smallest absolute Gasteiger partial charge is 0.239 e. The van der Waals surface area contributed by atoms with Crippen LogP contribution < -0.4 is 16.6 Å². The molecule has 7 nitrogen and oxygen atoms in total. The molecule has 0 aromatic carbocycles. The van der Waals surface area contributed by atoms with Gasteiger partial charge in [-0.3, -0.25) is 10.1 Å². The summed E-state index contributed by atoms with van der Waals surface area (Å²) in [5, 5.41) is 7.32. The molecule has 0 atom stereocenters. The number of anilines is 2. The number of hydrazine groups is 1. The van der Waals surface area contributed by atoms with Crippen LogP contribution >= 0.6 is 0 Å². The molecule has 0 fully saturated rings. The molecule has 0 aliphatic rings. The lowest BCUT2D eigenvalue weighted by atomic mass is 10.3. The normalized spacial score (nSPS) is 10.3. The quantitative estimate of drug-likeness (QED) is 0.523. The minimum atomic E-state index is 0.392. The molecule has 2 aromatic heterocycles. The van der Waals surface area contributed by atoms with E-state index in [9.17, 15) is 0 Å². The molecular formula is C10H15N7. The molecule has 4 N–H and O–H groups in total. The first-order valence-electron chi connectivity index (χ1n) is 5.21. The lowest BCUT2D eigenvalue weighted by Gasteiger charge is -2.09. The van der Waals surface area contributed by atoms with E-state index in [1.165, 1.54) is 0 Å². The van der Waals surface area contributed by atoms with Gasteiger partial charge in [0.05, 0.1) is 12.2 Å². The number of nitrogens with zero attached hydrogens (tertiary/aromatic N) is 4. The van der Waals surface area contributed by atoms with Crippen molar-refractivity contribution in [1.82, 2.24) is 19.7 Å². The number of hydrogen-bond donors (Lipinski definition) is 3. The third-order valence-electron chi connectivity index (χ3n) is 2.46. The van der Waals surface area contributed by atoms with E-state index < -0.39 is 0 Å². The Balaban J connectivity index is 2.11. The van der Waals surface area contributed by atoms with E-state index in [4.69, 9.17) is 5.84 Å². The van der Waals surface area contributed by atoms with Gasteiger partial charge in [0.2, 0.25) is 5.95 Å². The Bertz CT molecular complexity index is 505. The average molecular weight is 233 g/mol. The first kappa shape index (κ1) is 11.3. The van der Waals surface area contributed by atoms with Crippen LogP contribution in [0.25, 0.3) is 0 Å². The fourth-order valence-electron chi connectivity index (χ4n) is 1.44. The Hall–Kier alpha value is -2.15. The van der Waals surface area contributed by atoms with Crippen LogP contribution in [-0.2, 0) is 13.6 Å². The van der Waals surface area contributed by atoms with Gasteiger partial charge in [0, 0.05) is 25.0 Å². The Morgan fingerprint density at radius 2 is 2.29 bits per heavy atom. The molecule has 17 heavy (non-hydrogen) atoms. The zero-order valence-corrected chi connectivity index (χ0v) is 9.81. The summed E-state index contributed by atoms with van der Waals surface area (Å²) >= 11 is 0. The zero-order valence-electron chi connectivity index (χ0n) is 9.81. The Morgan fingerprint density at radius 3 is 2.94 bits per heavy atom. The van der Waals surface area contributed by atoms with Crippen molar-refractivity contribution >= 4 is 11.8 Å². The van der Waals surface area contributed by atoms with Crippen molar-refractivity contribution in [2.75, 3.05) is 10.7 Å². The summed E-state index contributed by atoms with van der Waals surface area (Å²) in [6.45, 7) is 2.59. The highest BCUT2D eigenvalue weighted by atomic mass is 15.3. The summed E-state index contributed by atoms with van der Waals surface area (Å²) in [7, 11) is 1.90. The summed E-state index contributed by atoms with van der Waals surface area (Å²) < 4.78 is 1.81. The van der Waals surface area contributed by atoms with Crippen molar-refractivity contribution in [1.29, 1.82) is 0 Å². The summed E-state index contributed by atoms with van der Waals surface area (Å²) in [4.78, 5) is 8.25. The predicted molar refractivity (Wildman–Crippen MR) is 65.1 cm³/mol. The van der Waals surface area contributed by atoms with Gasteiger partial charge in [-0.05, 0) is 13.0 Å². The fraction of sp³-hybridized carbons (Fsp3) is 0.300. The van der Waals surface area contributed by atoms with E-state index in [0.717, 1.165) is 17.1 Å². The molecule has 0 spiro atoms. The minimum Gasteiger partial charge on any atom is -0.364 e. The summed E-state index contributed by atoms with van der Waals surface area (Å²) in [5.41, 5.74) is 4.46. The number of rotatable bonds is 4. The highest BCUT2D eigenvalue weighted by Gasteiger charge is 2.04. The van der Waals surface area contributed by atoms with Crippen LogP contribution in [0.2, 0.25) is 0 Å². The monoisotopic (exact) mass is 233 g/mol. The molecule has 90 valence electrons. The van der Waals surface area contributed by atoms with E-state index >= 15 is 0 Å². The van der Waals surface area contributed by atoms with Gasteiger partial charge >= 0.3 is 0 Å². The first-order chi connectivity index (χ1) is 8.20. The van der Waals surface area contributed by atoms with Gasteiger partial charge in [-0.25, -0.2) is 10.8 Å². The second-order valence-corrected chi connectivity index (χ2v) is 3.67. The van der Waals surface area contributed by atoms with Crippen molar-refractivity contribution in [2.24, 2.45) is 12.9 Å². The van der Waals surface area contributed by atoms with E-state index in [1.807, 2.05) is 24.7 Å². The third-order valence-corrected chi connectivity index (χ3v) is 2.46. The first-order valence-corrected chi connectivity index (χ1v) is 5.21. The van der Waals surface area contributed by atoms with Gasteiger partial charge in [0.15, 0.2) is 0 Å². The topological polar surface area (TPSA) is 93.7 Å². The number of aromatic nitrogens is 4. The van der Waals surface area contributed by atoms with Crippen molar-refractivity contribution < 1.29 is 0 Å². The van der Waals surface area contributed by atoms with Gasteiger partial charge in [0.1, 0.15) is 5.82 Å². The van der Waals surface area contributed by atoms with Crippen LogP contribution in [-0.4, -0.2) is 19.7 Å². The van der Waals surface area contributed by atoms with Crippen LogP contribution in [0.15, 0.2) is 18.5 Å². The van der Waals surface area contributed by atoms with Crippen molar-refractivity contribution in [3.63, 3.8) is 0 Å². The highest BCUT2D eigenvalue weighted by Crippen LogP contribution is 2.13. The molecule has 0 saturated heterocycles. The molecule has 0 aliphatic heterocycles. The molecule has 0 bridgehead atoms. The molecule has 0 radical (unpaired) electrons. The lowest BCUT2D eigenvalue weighted by molar-refractivity contribution is 0.719. The lowest BCUT2D eigenvalue weighted by Crippen LogP contribution is -2.13. The van der Waals surface area contributed by atoms with Gasteiger partial charge in [0.25, 0.3) is 0 Å². The summed E-state index contributed by atoms with van der Waals surface area (Å²) in [5.74, 6) is 6.42. The maximum Gasteiger partial charge on any atom is 0.239 e. The SMILES string of the molecule is Cc1cnc(NN)nc1NCc1ccnn1C. The molecule has 2 heterocycles. The summed E-state index contributed by atoms with van der Waals surface area (Å²) in [6, 6.07) is 1.95. The second kappa shape index (κ2) is 4.79. The van der Waals surface area contributed by atoms with Crippen molar-refractivity contribution in [3.05, 3.63) is 29.7 Å². The number of aryl methyl sites for hydroxylation is 2. The number of nitrogens with one attached hydrogen (secondary N) is 2. The average Bonchev–Trinajstić information content (AvgIpc) is 2.74. The Labute approximate surface area is 99.0 Å². The zero-order chi connectivity index (χ0) is 12.3. The second-order valence-electron chi connectivity index (χ2n) is 3.67. The van der Waals surface area contributed by atoms with E-state index in [-0.39, 0.29) is 0 Å². The number of nitrogens with two attached hydrogens (primary N) is 1. The molecular weight excluding hydrogens is 218 g/mol. The standard InChI is InChI=1S/C10H15N7/c1-7-5-13-10(16-11)15-9(7)12-6-8-3-4-14-17(8)2/h3-5H,6,11H2,1-2H3,(H2,12,13,15,16). The van der Waals surface area contributed by atoms with Crippen LogP contribution in [0.3, 0.4) is 0 Å². The van der Waals surface area contributed by atoms with E-state index in [2.05, 4.69) is 25.8 Å². The molecule has 2 rings (SSSR count).